The van der Waals surface area contributed by atoms with Crippen LogP contribution in [0, 0.1) is 22.2 Å². The van der Waals surface area contributed by atoms with Crippen molar-refractivity contribution < 1.29 is 5.11 Å². The summed E-state index contributed by atoms with van der Waals surface area (Å²) in [6, 6.07) is 0. The molecule has 3 rings (SSSR count). The molecule has 4 unspecified atom stereocenters. The Bertz CT molecular complexity index is 358. The van der Waals surface area contributed by atoms with Crippen LogP contribution in [0.25, 0.3) is 0 Å². The van der Waals surface area contributed by atoms with E-state index in [-0.39, 0.29) is 5.41 Å². The minimum Gasteiger partial charge on any atom is -0.395 e. The van der Waals surface area contributed by atoms with Gasteiger partial charge in [-0.2, -0.15) is 0 Å². The topological polar surface area (TPSA) is 20.2 Å². The van der Waals surface area contributed by atoms with E-state index in [2.05, 4.69) is 26.8 Å². The zero-order valence-corrected chi connectivity index (χ0v) is 10.8. The lowest BCUT2D eigenvalue weighted by molar-refractivity contribution is -0.0228. The largest absolute Gasteiger partial charge is 0.395 e. The quantitative estimate of drug-likeness (QED) is 0.670. The normalized spacial score (nSPS) is 55.0. The highest BCUT2D eigenvalue weighted by molar-refractivity contribution is 5.37. The van der Waals surface area contributed by atoms with Crippen molar-refractivity contribution in [2.45, 2.75) is 52.9 Å². The molecular formula is C15H24O. The second-order valence-electron chi connectivity index (χ2n) is 6.75. The SMILES string of the molecule is CC1=CC2(C)CCCC23C(C)CCC13CO. The molecule has 90 valence electrons. The smallest absolute Gasteiger partial charge is 0.0530 e. The molecule has 2 saturated carbocycles. The summed E-state index contributed by atoms with van der Waals surface area (Å²) in [5.74, 6) is 0.779. The molecule has 0 radical (unpaired) electrons. The summed E-state index contributed by atoms with van der Waals surface area (Å²) in [5, 5.41) is 10.0. The van der Waals surface area contributed by atoms with E-state index >= 15 is 0 Å². The van der Waals surface area contributed by atoms with Crippen LogP contribution in [0.1, 0.15) is 52.9 Å². The van der Waals surface area contributed by atoms with Crippen LogP contribution in [0.15, 0.2) is 11.6 Å². The van der Waals surface area contributed by atoms with Crippen LogP contribution in [-0.4, -0.2) is 11.7 Å². The molecule has 0 saturated heterocycles. The summed E-state index contributed by atoms with van der Waals surface area (Å²) in [6.07, 6.45) is 9.05. The van der Waals surface area contributed by atoms with Crippen molar-refractivity contribution in [2.75, 3.05) is 6.61 Å². The van der Waals surface area contributed by atoms with Crippen LogP contribution in [0.2, 0.25) is 0 Å². The van der Waals surface area contributed by atoms with Gasteiger partial charge in [0, 0.05) is 5.41 Å². The third-order valence-electron chi connectivity index (χ3n) is 6.55. The van der Waals surface area contributed by atoms with Crippen LogP contribution < -0.4 is 0 Å². The number of hydrogen-bond acceptors (Lipinski definition) is 1. The van der Waals surface area contributed by atoms with E-state index in [1.165, 1.54) is 37.7 Å². The van der Waals surface area contributed by atoms with E-state index in [4.69, 9.17) is 0 Å². The lowest BCUT2D eigenvalue weighted by atomic mass is 9.55. The Morgan fingerprint density at radius 2 is 2.12 bits per heavy atom. The fraction of sp³-hybridized carbons (Fsp3) is 0.867. The van der Waals surface area contributed by atoms with Crippen molar-refractivity contribution in [3.05, 3.63) is 11.6 Å². The van der Waals surface area contributed by atoms with Gasteiger partial charge in [0.15, 0.2) is 0 Å². The molecule has 0 aliphatic heterocycles. The lowest BCUT2D eigenvalue weighted by Crippen LogP contribution is -2.46. The Labute approximate surface area is 98.9 Å². The second-order valence-corrected chi connectivity index (χ2v) is 6.75. The van der Waals surface area contributed by atoms with Gasteiger partial charge in [-0.25, -0.2) is 0 Å². The fourth-order valence-electron chi connectivity index (χ4n) is 5.95. The zero-order chi connectivity index (χ0) is 11.6. The van der Waals surface area contributed by atoms with E-state index in [1.807, 2.05) is 0 Å². The standard InChI is InChI=1S/C15H24O/c1-11-5-8-14(10-16)12(2)9-13(3)6-4-7-15(11,13)14/h9,11,16H,4-8,10H2,1-3H3. The predicted octanol–water partition coefficient (Wildman–Crippen LogP) is 3.53. The summed E-state index contributed by atoms with van der Waals surface area (Å²) in [5.41, 5.74) is 2.38. The molecule has 0 bridgehead atoms. The molecule has 0 amide bonds. The Morgan fingerprint density at radius 3 is 2.81 bits per heavy atom. The molecule has 0 heterocycles. The number of hydrogen-bond donors (Lipinski definition) is 1. The molecule has 16 heavy (non-hydrogen) atoms. The van der Waals surface area contributed by atoms with Crippen molar-refractivity contribution in [1.82, 2.24) is 0 Å². The monoisotopic (exact) mass is 220 g/mol. The number of aliphatic hydroxyl groups excluding tert-OH is 1. The van der Waals surface area contributed by atoms with Crippen molar-refractivity contribution in [1.29, 1.82) is 0 Å². The summed E-state index contributed by atoms with van der Waals surface area (Å²) in [6.45, 7) is 7.50. The zero-order valence-electron chi connectivity index (χ0n) is 10.8. The lowest BCUT2D eigenvalue weighted by Gasteiger charge is -2.49. The number of allylic oxidation sites excluding steroid dienone is 1. The highest BCUT2D eigenvalue weighted by Gasteiger charge is 2.70. The molecule has 0 aromatic carbocycles. The molecule has 0 aromatic rings. The first-order chi connectivity index (χ1) is 7.52. The number of rotatable bonds is 1. The predicted molar refractivity (Wildman–Crippen MR) is 66.1 cm³/mol. The Balaban J connectivity index is 2.22. The Hall–Kier alpha value is -0.300. The summed E-state index contributed by atoms with van der Waals surface area (Å²) >= 11 is 0. The maximum Gasteiger partial charge on any atom is 0.0530 e. The van der Waals surface area contributed by atoms with Crippen LogP contribution >= 0.6 is 0 Å². The van der Waals surface area contributed by atoms with Crippen LogP contribution in [0.4, 0.5) is 0 Å². The van der Waals surface area contributed by atoms with E-state index in [0.717, 1.165) is 5.92 Å². The van der Waals surface area contributed by atoms with Gasteiger partial charge in [0.25, 0.3) is 0 Å². The molecule has 1 spiro atoms. The summed E-state index contributed by atoms with van der Waals surface area (Å²) < 4.78 is 0. The van der Waals surface area contributed by atoms with Gasteiger partial charge in [-0.1, -0.05) is 31.9 Å². The first-order valence-corrected chi connectivity index (χ1v) is 6.83. The number of aliphatic hydroxyl groups is 1. The first kappa shape index (κ1) is 10.8. The second kappa shape index (κ2) is 2.93. The molecule has 1 heteroatoms. The highest BCUT2D eigenvalue weighted by Crippen LogP contribution is 2.77. The molecule has 2 fully saturated rings. The van der Waals surface area contributed by atoms with E-state index in [0.29, 0.717) is 17.4 Å². The maximum atomic E-state index is 10.0. The van der Waals surface area contributed by atoms with Gasteiger partial charge in [0.1, 0.15) is 0 Å². The maximum absolute atomic E-state index is 10.0. The van der Waals surface area contributed by atoms with Crippen LogP contribution in [-0.2, 0) is 0 Å². The van der Waals surface area contributed by atoms with Crippen molar-refractivity contribution in [3.63, 3.8) is 0 Å². The van der Waals surface area contributed by atoms with E-state index < -0.39 is 0 Å². The van der Waals surface area contributed by atoms with Crippen molar-refractivity contribution in [2.24, 2.45) is 22.2 Å². The Morgan fingerprint density at radius 1 is 1.38 bits per heavy atom. The van der Waals surface area contributed by atoms with Gasteiger partial charge in [0.05, 0.1) is 6.61 Å². The molecule has 3 aliphatic carbocycles. The Kier molecular flexibility index (Phi) is 1.98. The van der Waals surface area contributed by atoms with Crippen LogP contribution in [0.3, 0.4) is 0 Å². The fourth-order valence-corrected chi connectivity index (χ4v) is 5.95. The average molecular weight is 220 g/mol. The molecule has 1 N–H and O–H groups in total. The summed E-state index contributed by atoms with van der Waals surface area (Å²) in [4.78, 5) is 0. The molecular weight excluding hydrogens is 196 g/mol. The molecule has 4 atom stereocenters. The molecule has 1 nitrogen and oxygen atoms in total. The summed E-state index contributed by atoms with van der Waals surface area (Å²) in [7, 11) is 0. The van der Waals surface area contributed by atoms with Gasteiger partial charge in [-0.3, -0.25) is 0 Å². The third-order valence-corrected chi connectivity index (χ3v) is 6.55. The first-order valence-electron chi connectivity index (χ1n) is 6.83. The van der Waals surface area contributed by atoms with Gasteiger partial charge in [-0.05, 0) is 49.4 Å². The molecule has 0 aromatic heterocycles. The van der Waals surface area contributed by atoms with E-state index in [1.54, 1.807) is 0 Å². The van der Waals surface area contributed by atoms with Gasteiger partial charge in [0.2, 0.25) is 0 Å². The van der Waals surface area contributed by atoms with Gasteiger partial charge >= 0.3 is 0 Å². The van der Waals surface area contributed by atoms with Crippen LogP contribution in [0.5, 0.6) is 0 Å². The average Bonchev–Trinajstić information content (AvgIpc) is 2.76. The van der Waals surface area contributed by atoms with Crippen molar-refractivity contribution >= 4 is 0 Å². The van der Waals surface area contributed by atoms with Gasteiger partial charge < -0.3 is 5.11 Å². The highest BCUT2D eigenvalue weighted by atomic mass is 16.3. The molecule has 3 aliphatic rings. The van der Waals surface area contributed by atoms with Gasteiger partial charge in [-0.15, -0.1) is 0 Å². The third kappa shape index (κ3) is 0.827. The minimum absolute atomic E-state index is 0.137. The van der Waals surface area contributed by atoms with Crippen molar-refractivity contribution in [3.8, 4) is 0 Å². The minimum atomic E-state index is 0.137. The van der Waals surface area contributed by atoms with E-state index in [9.17, 15) is 5.11 Å².